The van der Waals surface area contributed by atoms with Gasteiger partial charge in [-0.25, -0.2) is 4.79 Å². The average Bonchev–Trinajstić information content (AvgIpc) is 2.47. The van der Waals surface area contributed by atoms with Crippen molar-refractivity contribution in [3.8, 4) is 5.75 Å². The van der Waals surface area contributed by atoms with Gasteiger partial charge in [-0.15, -0.1) is 0 Å². The average molecular weight is 305 g/mol. The van der Waals surface area contributed by atoms with Crippen LogP contribution in [0.25, 0.3) is 0 Å². The molecule has 0 saturated heterocycles. The first-order valence-corrected chi connectivity index (χ1v) is 6.81. The van der Waals surface area contributed by atoms with Gasteiger partial charge < -0.3 is 14.6 Å². The normalized spacial score (nSPS) is 24.0. The minimum absolute atomic E-state index is 0.424. The van der Waals surface area contributed by atoms with Crippen molar-refractivity contribution in [1.82, 2.24) is 0 Å². The van der Waals surface area contributed by atoms with Crippen molar-refractivity contribution in [3.05, 3.63) is 64.7 Å². The van der Waals surface area contributed by atoms with Gasteiger partial charge in [0.2, 0.25) is 0 Å². The van der Waals surface area contributed by atoms with Crippen LogP contribution in [-0.4, -0.2) is 17.4 Å². The predicted molar refractivity (Wildman–Crippen MR) is 77.5 cm³/mol. The third kappa shape index (κ3) is 2.37. The number of benzene rings is 2. The van der Waals surface area contributed by atoms with Gasteiger partial charge in [0.1, 0.15) is 11.4 Å². The Morgan fingerprint density at radius 1 is 1.24 bits per heavy atom. The summed E-state index contributed by atoms with van der Waals surface area (Å²) in [7, 11) is 0. The maximum absolute atomic E-state index is 11.3. The lowest BCUT2D eigenvalue weighted by molar-refractivity contribution is -0.201. The number of carboxylic acid groups (broad SMARTS) is 1. The van der Waals surface area contributed by atoms with Gasteiger partial charge in [0.25, 0.3) is 6.29 Å². The molecule has 2 unspecified atom stereocenters. The number of carbonyl (C=O) groups is 1. The van der Waals surface area contributed by atoms with Gasteiger partial charge in [0.15, 0.2) is 0 Å². The van der Waals surface area contributed by atoms with Crippen molar-refractivity contribution < 1.29 is 19.4 Å². The molecule has 0 aromatic heterocycles. The summed E-state index contributed by atoms with van der Waals surface area (Å²) in [5.74, 6) is -0.754. The van der Waals surface area contributed by atoms with E-state index < -0.39 is 17.9 Å². The van der Waals surface area contributed by atoms with Crippen LogP contribution in [0.15, 0.2) is 48.5 Å². The van der Waals surface area contributed by atoms with Crippen LogP contribution in [0.5, 0.6) is 5.75 Å². The topological polar surface area (TPSA) is 55.8 Å². The highest BCUT2D eigenvalue weighted by Gasteiger charge is 2.43. The zero-order valence-electron chi connectivity index (χ0n) is 11.2. The van der Waals surface area contributed by atoms with Gasteiger partial charge in [0.05, 0.1) is 0 Å². The Kier molecular flexibility index (Phi) is 3.35. The molecule has 0 bridgehead atoms. The molecule has 1 heterocycles. The zero-order chi connectivity index (χ0) is 15.0. The Morgan fingerprint density at radius 2 is 1.95 bits per heavy atom. The Labute approximate surface area is 126 Å². The predicted octanol–water partition coefficient (Wildman–Crippen LogP) is 3.42. The number of hydrogen-bond donors (Lipinski definition) is 1. The molecule has 2 aromatic rings. The number of aliphatic carboxylic acids is 1. The monoisotopic (exact) mass is 304 g/mol. The lowest BCUT2D eigenvalue weighted by atomic mass is 9.86. The van der Waals surface area contributed by atoms with Crippen molar-refractivity contribution in [2.45, 2.75) is 18.8 Å². The summed E-state index contributed by atoms with van der Waals surface area (Å²) >= 11 is 5.97. The summed E-state index contributed by atoms with van der Waals surface area (Å²) in [6, 6.07) is 14.6. The lowest BCUT2D eigenvalue weighted by Crippen LogP contribution is -2.44. The molecule has 3 rings (SSSR count). The van der Waals surface area contributed by atoms with Crippen molar-refractivity contribution in [1.29, 1.82) is 0 Å². The number of ether oxygens (including phenoxy) is 2. The molecular formula is C16H13ClO4. The summed E-state index contributed by atoms with van der Waals surface area (Å²) in [6.45, 7) is 1.83. The Hall–Kier alpha value is -2.04. The maximum atomic E-state index is 11.3. The van der Waals surface area contributed by atoms with Gasteiger partial charge in [-0.1, -0.05) is 48.0 Å². The van der Waals surface area contributed by atoms with Crippen molar-refractivity contribution in [2.75, 3.05) is 0 Å². The van der Waals surface area contributed by atoms with Gasteiger partial charge in [-0.05, 0) is 24.6 Å². The van der Waals surface area contributed by atoms with E-state index in [9.17, 15) is 9.90 Å². The number of halogens is 1. The molecule has 2 atom stereocenters. The summed E-state index contributed by atoms with van der Waals surface area (Å²) in [5.41, 5.74) is 0.682. The molecule has 0 fully saturated rings. The highest BCUT2D eigenvalue weighted by Crippen LogP contribution is 2.44. The quantitative estimate of drug-likeness (QED) is 0.923. The van der Waals surface area contributed by atoms with Crippen LogP contribution >= 0.6 is 11.6 Å². The Morgan fingerprint density at radius 3 is 2.62 bits per heavy atom. The number of hydrogen-bond acceptors (Lipinski definition) is 3. The minimum Gasteiger partial charge on any atom is -0.477 e. The smallest absolute Gasteiger partial charge is 0.373 e. The minimum atomic E-state index is -1.37. The van der Waals surface area contributed by atoms with E-state index in [0.29, 0.717) is 10.8 Å². The molecule has 1 aliphatic heterocycles. The first kappa shape index (κ1) is 13.9. The van der Waals surface area contributed by atoms with E-state index in [-0.39, 0.29) is 0 Å². The molecule has 0 saturated carbocycles. The largest absolute Gasteiger partial charge is 0.477 e. The number of rotatable bonds is 2. The fraction of sp³-hybridized carbons (Fsp3) is 0.188. The van der Waals surface area contributed by atoms with Crippen LogP contribution in [0, 0.1) is 0 Å². The Balaban J connectivity index is 2.18. The molecule has 0 amide bonds. The summed E-state index contributed by atoms with van der Waals surface area (Å²) < 4.78 is 11.1. The zero-order valence-corrected chi connectivity index (χ0v) is 12.0. The molecule has 5 heteroatoms. The molecule has 2 aromatic carbocycles. The molecule has 0 spiro atoms. The van der Waals surface area contributed by atoms with E-state index >= 15 is 0 Å². The number of fused-ring (bicyclic) bond motifs is 1. The molecule has 0 radical (unpaired) electrons. The van der Waals surface area contributed by atoms with Crippen LogP contribution in [0.1, 0.15) is 18.1 Å². The molecule has 108 valence electrons. The van der Waals surface area contributed by atoms with Crippen LogP contribution in [-0.2, 0) is 15.1 Å². The molecule has 21 heavy (non-hydrogen) atoms. The SMILES string of the molecule is CC1(c2ccccc2)OC(C(=O)O)Oc2cc(Cl)ccc21. The van der Waals surface area contributed by atoms with Crippen molar-refractivity contribution in [2.24, 2.45) is 0 Å². The Bertz CT molecular complexity index is 686. The van der Waals surface area contributed by atoms with E-state index in [1.165, 1.54) is 0 Å². The van der Waals surface area contributed by atoms with Crippen LogP contribution in [0.3, 0.4) is 0 Å². The first-order chi connectivity index (χ1) is 10.0. The van der Waals surface area contributed by atoms with Crippen LogP contribution < -0.4 is 4.74 Å². The molecule has 1 N–H and O–H groups in total. The standard InChI is InChI=1S/C16H13ClO4/c1-16(10-5-3-2-4-6-10)12-8-7-11(17)9-13(12)20-15(21-16)14(18)19/h2-9,15H,1H3,(H,18,19). The van der Waals surface area contributed by atoms with E-state index in [1.807, 2.05) is 37.3 Å². The van der Waals surface area contributed by atoms with E-state index in [0.717, 1.165) is 11.1 Å². The van der Waals surface area contributed by atoms with Gasteiger partial charge in [-0.2, -0.15) is 0 Å². The molecule has 1 aliphatic rings. The molecule has 0 aliphatic carbocycles. The van der Waals surface area contributed by atoms with Gasteiger partial charge in [-0.3, -0.25) is 0 Å². The highest BCUT2D eigenvalue weighted by atomic mass is 35.5. The first-order valence-electron chi connectivity index (χ1n) is 6.43. The summed E-state index contributed by atoms with van der Waals surface area (Å²) in [6.07, 6.45) is -1.37. The van der Waals surface area contributed by atoms with Crippen LogP contribution in [0.2, 0.25) is 5.02 Å². The molecular weight excluding hydrogens is 292 g/mol. The number of carboxylic acids is 1. The van der Waals surface area contributed by atoms with E-state index in [2.05, 4.69) is 0 Å². The van der Waals surface area contributed by atoms with Crippen molar-refractivity contribution >= 4 is 17.6 Å². The highest BCUT2D eigenvalue weighted by molar-refractivity contribution is 6.30. The van der Waals surface area contributed by atoms with Crippen molar-refractivity contribution in [3.63, 3.8) is 0 Å². The lowest BCUT2D eigenvalue weighted by Gasteiger charge is -2.39. The third-order valence-corrected chi connectivity index (χ3v) is 3.80. The fourth-order valence-electron chi connectivity index (χ4n) is 2.49. The van der Waals surface area contributed by atoms with Crippen LogP contribution in [0.4, 0.5) is 0 Å². The second kappa shape index (κ2) is 5.06. The summed E-state index contributed by atoms with van der Waals surface area (Å²) in [4.78, 5) is 11.3. The molecule has 4 nitrogen and oxygen atoms in total. The van der Waals surface area contributed by atoms with E-state index in [1.54, 1.807) is 18.2 Å². The van der Waals surface area contributed by atoms with Gasteiger partial charge >= 0.3 is 5.97 Å². The second-order valence-corrected chi connectivity index (χ2v) is 5.38. The van der Waals surface area contributed by atoms with E-state index in [4.69, 9.17) is 21.1 Å². The third-order valence-electron chi connectivity index (χ3n) is 3.56. The van der Waals surface area contributed by atoms with Gasteiger partial charge in [0, 0.05) is 10.6 Å². The summed E-state index contributed by atoms with van der Waals surface area (Å²) in [5, 5.41) is 9.71. The second-order valence-electron chi connectivity index (χ2n) is 4.95. The maximum Gasteiger partial charge on any atom is 0.373 e. The fourth-order valence-corrected chi connectivity index (χ4v) is 2.65.